The minimum Gasteiger partial charge on any atom is -0.541 e. The predicted octanol–water partition coefficient (Wildman–Crippen LogP) is 0.0727. The van der Waals surface area contributed by atoms with Gasteiger partial charge >= 0.3 is 0 Å². The molecule has 0 heterocycles. The Kier molecular flexibility index (Phi) is 8.56. The zero-order valence-electron chi connectivity index (χ0n) is 4.23. The molecule has 0 aliphatic rings. The molecule has 0 amide bonds. The minimum absolute atomic E-state index is 0. The van der Waals surface area contributed by atoms with Crippen LogP contribution in [0.4, 0.5) is 0 Å². The third-order valence-electron chi connectivity index (χ3n) is 0.321. The topological polar surface area (TPSA) is 34.1 Å². The van der Waals surface area contributed by atoms with Gasteiger partial charge in [0.15, 0.2) is 0 Å². The van der Waals surface area contributed by atoms with E-state index in [4.69, 9.17) is 0 Å². The average molecular weight is 150 g/mol. The van der Waals surface area contributed by atoms with Crippen LogP contribution < -0.4 is 0 Å². The average Bonchev–Trinajstić information content (AvgIpc) is 1.35. The Morgan fingerprint density at radius 2 is 2.14 bits per heavy atom. The minimum atomic E-state index is -0.134. The van der Waals surface area contributed by atoms with Crippen molar-refractivity contribution in [3.8, 4) is 0 Å². The first-order valence-electron chi connectivity index (χ1n) is 1.62. The van der Waals surface area contributed by atoms with E-state index in [0.29, 0.717) is 0 Å². The molecule has 36 valence electrons. The summed E-state index contributed by atoms with van der Waals surface area (Å²) in [4.78, 5) is 19.1. The summed E-state index contributed by atoms with van der Waals surface area (Å²) in [5, 5.41) is 0. The smallest absolute Gasteiger partial charge is 0.103 e. The van der Waals surface area contributed by atoms with E-state index >= 15 is 0 Å². The van der Waals surface area contributed by atoms with Crippen LogP contribution in [0.1, 0.15) is 13.3 Å². The van der Waals surface area contributed by atoms with Gasteiger partial charge in [0.05, 0.1) is 0 Å². The first-order valence-corrected chi connectivity index (χ1v) is 1.62. The quantitative estimate of drug-likeness (QED) is 0.317. The van der Waals surface area contributed by atoms with Crippen molar-refractivity contribution in [1.82, 2.24) is 0 Å². The van der Waals surface area contributed by atoms with Gasteiger partial charge in [-0.3, -0.25) is 6.29 Å². The number of hydrogen-bond acceptors (Lipinski definition) is 2. The van der Waals surface area contributed by atoms with Crippen molar-refractivity contribution < 1.29 is 29.1 Å². The van der Waals surface area contributed by atoms with Crippen LogP contribution in [0.2, 0.25) is 0 Å². The maximum absolute atomic E-state index is 9.78. The molecule has 0 unspecified atom stereocenters. The SMILES string of the molecule is CC(=O)C[C-]=O.[Zn]. The largest absolute Gasteiger partial charge is 0.541 e. The number of hydrogen-bond donors (Lipinski definition) is 0. The van der Waals surface area contributed by atoms with Crippen molar-refractivity contribution in [2.24, 2.45) is 0 Å². The Labute approximate surface area is 55.0 Å². The Balaban J connectivity index is 0. The molecule has 0 aliphatic carbocycles. The van der Waals surface area contributed by atoms with Crippen molar-refractivity contribution in [2.45, 2.75) is 13.3 Å². The molecule has 0 spiro atoms. The van der Waals surface area contributed by atoms with Crippen LogP contribution in [0.15, 0.2) is 0 Å². The maximum atomic E-state index is 9.78. The van der Waals surface area contributed by atoms with E-state index in [2.05, 4.69) is 0 Å². The standard InChI is InChI=1S/C4H5O2.Zn/c1-4(6)2-3-5;/h2H2,1H3;/q-1;. The van der Waals surface area contributed by atoms with E-state index in [1.54, 1.807) is 0 Å². The molecule has 0 aromatic carbocycles. The molecule has 2 nitrogen and oxygen atoms in total. The fraction of sp³-hybridized carbons (Fsp3) is 0.500. The van der Waals surface area contributed by atoms with Gasteiger partial charge in [0.1, 0.15) is 5.78 Å². The van der Waals surface area contributed by atoms with Crippen molar-refractivity contribution in [3.05, 3.63) is 0 Å². The molecule has 0 radical (unpaired) electrons. The third-order valence-corrected chi connectivity index (χ3v) is 0.321. The van der Waals surface area contributed by atoms with E-state index in [9.17, 15) is 9.59 Å². The Bertz CT molecular complexity index is 70.1. The van der Waals surface area contributed by atoms with Crippen LogP contribution in [-0.4, -0.2) is 12.1 Å². The van der Waals surface area contributed by atoms with Crippen LogP contribution in [0.3, 0.4) is 0 Å². The zero-order valence-corrected chi connectivity index (χ0v) is 7.20. The fourth-order valence-corrected chi connectivity index (χ4v) is 0.102. The third kappa shape index (κ3) is 10.7. The molecule has 0 atom stereocenters. The van der Waals surface area contributed by atoms with Gasteiger partial charge in [0.25, 0.3) is 0 Å². The molecule has 0 fully saturated rings. The van der Waals surface area contributed by atoms with Crippen LogP contribution in [0, 0.1) is 0 Å². The predicted molar refractivity (Wildman–Crippen MR) is 21.0 cm³/mol. The normalized spacial score (nSPS) is 6.43. The Morgan fingerprint density at radius 1 is 1.71 bits per heavy atom. The monoisotopic (exact) mass is 149 g/mol. The molecular weight excluding hydrogens is 145 g/mol. The van der Waals surface area contributed by atoms with Crippen LogP contribution in [0.25, 0.3) is 0 Å². The van der Waals surface area contributed by atoms with Crippen LogP contribution in [0.5, 0.6) is 0 Å². The van der Waals surface area contributed by atoms with Crippen LogP contribution >= 0.6 is 0 Å². The molecular formula is C4H5O2Zn-. The van der Waals surface area contributed by atoms with Gasteiger partial charge in [-0.25, -0.2) is 0 Å². The number of rotatable bonds is 2. The van der Waals surface area contributed by atoms with Gasteiger partial charge in [-0.2, -0.15) is 0 Å². The number of Topliss-reactive ketones (excluding diaryl/α,β-unsaturated/α-hetero) is 1. The second-order valence-electron chi connectivity index (χ2n) is 1.02. The van der Waals surface area contributed by atoms with E-state index in [0.717, 1.165) is 0 Å². The van der Waals surface area contributed by atoms with Gasteiger partial charge in [-0.15, -0.1) is 0 Å². The molecule has 0 aliphatic heterocycles. The molecule has 0 saturated heterocycles. The van der Waals surface area contributed by atoms with Crippen LogP contribution in [-0.2, 0) is 29.1 Å². The fourth-order valence-electron chi connectivity index (χ4n) is 0.102. The molecule has 0 rings (SSSR count). The molecule has 7 heavy (non-hydrogen) atoms. The summed E-state index contributed by atoms with van der Waals surface area (Å²) >= 11 is 0. The molecule has 0 bridgehead atoms. The number of carbonyl (C=O) groups is 1. The van der Waals surface area contributed by atoms with Crippen molar-refractivity contribution in [2.75, 3.05) is 0 Å². The van der Waals surface area contributed by atoms with Crippen molar-refractivity contribution >= 4 is 12.1 Å². The number of ketones is 1. The molecule has 3 heteroatoms. The molecule has 0 aromatic rings. The molecule has 0 saturated carbocycles. The van der Waals surface area contributed by atoms with Gasteiger partial charge in [0, 0.05) is 19.5 Å². The summed E-state index contributed by atoms with van der Waals surface area (Å²) in [6.07, 6.45) is 1.40. The van der Waals surface area contributed by atoms with E-state index in [-0.39, 0.29) is 31.7 Å². The Hall–Kier alpha value is -0.0366. The van der Waals surface area contributed by atoms with Gasteiger partial charge in [0.2, 0.25) is 0 Å². The molecule has 0 aromatic heterocycles. The first kappa shape index (κ1) is 10.1. The second kappa shape index (κ2) is 5.96. The maximum Gasteiger partial charge on any atom is 0.103 e. The zero-order chi connectivity index (χ0) is 4.99. The summed E-state index contributed by atoms with van der Waals surface area (Å²) in [7, 11) is 0. The van der Waals surface area contributed by atoms with Crippen molar-refractivity contribution in [3.63, 3.8) is 0 Å². The van der Waals surface area contributed by atoms with Gasteiger partial charge in [-0.05, 0) is 6.92 Å². The van der Waals surface area contributed by atoms with E-state index in [1.807, 2.05) is 0 Å². The number of carbonyl (C=O) groups excluding carboxylic acids is 2. The van der Waals surface area contributed by atoms with Gasteiger partial charge < -0.3 is 9.59 Å². The first-order chi connectivity index (χ1) is 2.77. The van der Waals surface area contributed by atoms with Gasteiger partial charge in [-0.1, -0.05) is 6.42 Å². The Morgan fingerprint density at radius 3 is 2.14 bits per heavy atom. The van der Waals surface area contributed by atoms with E-state index < -0.39 is 0 Å². The second-order valence-corrected chi connectivity index (χ2v) is 1.02. The summed E-state index contributed by atoms with van der Waals surface area (Å²) in [5.74, 6) is -0.134. The summed E-state index contributed by atoms with van der Waals surface area (Å²) in [6.45, 7) is 1.35. The summed E-state index contributed by atoms with van der Waals surface area (Å²) in [5.41, 5.74) is 0. The molecule has 0 N–H and O–H groups in total. The summed E-state index contributed by atoms with van der Waals surface area (Å²) in [6, 6.07) is 0. The van der Waals surface area contributed by atoms with Crippen molar-refractivity contribution in [1.29, 1.82) is 0 Å². The van der Waals surface area contributed by atoms with E-state index in [1.165, 1.54) is 13.2 Å². The summed E-state index contributed by atoms with van der Waals surface area (Å²) < 4.78 is 0.